The fourth-order valence-electron chi connectivity index (χ4n) is 3.61. The van der Waals surface area contributed by atoms with E-state index < -0.39 is 0 Å². The predicted octanol–water partition coefficient (Wildman–Crippen LogP) is 4.50. The zero-order chi connectivity index (χ0) is 20.9. The fraction of sp³-hybridized carbons (Fsp3) is 0.333. The number of aromatic nitrogens is 2. The Kier molecular flexibility index (Phi) is 6.45. The Hall–Kier alpha value is -2.70. The number of pyridine rings is 1. The SMILES string of the molecule is CCNCc1ccc2c(c1)CCC(n1ccc(OCc3nc(CC)cs3)cc1=O)=C2. The maximum Gasteiger partial charge on any atom is 0.258 e. The highest BCUT2D eigenvalue weighted by Crippen LogP contribution is 2.27. The van der Waals surface area contributed by atoms with Crippen molar-refractivity contribution in [2.24, 2.45) is 0 Å². The van der Waals surface area contributed by atoms with Crippen LogP contribution in [0.2, 0.25) is 0 Å². The van der Waals surface area contributed by atoms with Gasteiger partial charge in [0.15, 0.2) is 0 Å². The molecule has 0 saturated heterocycles. The number of thiazole rings is 1. The van der Waals surface area contributed by atoms with Gasteiger partial charge in [-0.2, -0.15) is 0 Å². The van der Waals surface area contributed by atoms with Crippen molar-refractivity contribution in [1.82, 2.24) is 14.9 Å². The van der Waals surface area contributed by atoms with Crippen LogP contribution in [-0.4, -0.2) is 16.1 Å². The van der Waals surface area contributed by atoms with Crippen molar-refractivity contribution in [2.45, 2.75) is 46.3 Å². The third-order valence-electron chi connectivity index (χ3n) is 5.28. The number of nitrogens with one attached hydrogen (secondary N) is 1. The third kappa shape index (κ3) is 4.71. The lowest BCUT2D eigenvalue weighted by atomic mass is 9.93. The summed E-state index contributed by atoms with van der Waals surface area (Å²) in [7, 11) is 0. The highest BCUT2D eigenvalue weighted by molar-refractivity contribution is 7.09. The van der Waals surface area contributed by atoms with Crippen molar-refractivity contribution < 1.29 is 4.74 Å². The third-order valence-corrected chi connectivity index (χ3v) is 6.15. The van der Waals surface area contributed by atoms with E-state index in [1.807, 2.05) is 17.6 Å². The molecule has 1 N–H and O–H groups in total. The zero-order valence-electron chi connectivity index (χ0n) is 17.5. The minimum absolute atomic E-state index is 0.0700. The van der Waals surface area contributed by atoms with Crippen LogP contribution >= 0.6 is 11.3 Å². The molecule has 4 rings (SSSR count). The summed E-state index contributed by atoms with van der Waals surface area (Å²) in [5, 5.41) is 6.34. The van der Waals surface area contributed by atoms with Crippen molar-refractivity contribution >= 4 is 23.1 Å². The summed E-state index contributed by atoms with van der Waals surface area (Å²) in [6, 6.07) is 9.99. The monoisotopic (exact) mass is 421 g/mol. The Morgan fingerprint density at radius 2 is 2.10 bits per heavy atom. The number of allylic oxidation sites excluding steroid dienone is 1. The minimum atomic E-state index is -0.0700. The molecule has 5 nitrogen and oxygen atoms in total. The largest absolute Gasteiger partial charge is 0.486 e. The molecule has 0 bridgehead atoms. The van der Waals surface area contributed by atoms with Crippen LogP contribution < -0.4 is 15.6 Å². The molecule has 0 atom stereocenters. The number of rotatable bonds is 8. The minimum Gasteiger partial charge on any atom is -0.486 e. The highest BCUT2D eigenvalue weighted by Gasteiger charge is 2.14. The van der Waals surface area contributed by atoms with Gasteiger partial charge < -0.3 is 10.1 Å². The molecule has 1 aliphatic rings. The molecular weight excluding hydrogens is 394 g/mol. The summed E-state index contributed by atoms with van der Waals surface area (Å²) in [5.74, 6) is 0.578. The Morgan fingerprint density at radius 3 is 2.87 bits per heavy atom. The Balaban J connectivity index is 1.47. The van der Waals surface area contributed by atoms with Gasteiger partial charge in [0.05, 0.1) is 5.69 Å². The van der Waals surface area contributed by atoms with Crippen molar-refractivity contribution in [3.05, 3.63) is 79.7 Å². The maximum absolute atomic E-state index is 12.7. The van der Waals surface area contributed by atoms with Crippen molar-refractivity contribution in [3.8, 4) is 5.75 Å². The average Bonchev–Trinajstić information content (AvgIpc) is 3.24. The number of benzene rings is 1. The molecular formula is C24H27N3O2S. The van der Waals surface area contributed by atoms with Crippen LogP contribution in [0, 0.1) is 0 Å². The van der Waals surface area contributed by atoms with Crippen LogP contribution in [0.5, 0.6) is 5.75 Å². The summed E-state index contributed by atoms with van der Waals surface area (Å²) in [6.07, 6.45) is 6.64. The number of hydrogen-bond acceptors (Lipinski definition) is 5. The molecule has 156 valence electrons. The molecule has 3 aromatic rings. The van der Waals surface area contributed by atoms with Gasteiger partial charge in [-0.15, -0.1) is 11.3 Å². The van der Waals surface area contributed by atoms with E-state index >= 15 is 0 Å². The van der Waals surface area contributed by atoms with Gasteiger partial charge in [-0.05, 0) is 54.6 Å². The summed E-state index contributed by atoms with van der Waals surface area (Å²) in [4.78, 5) is 17.2. The second kappa shape index (κ2) is 9.41. The summed E-state index contributed by atoms with van der Waals surface area (Å²) < 4.78 is 7.51. The van der Waals surface area contributed by atoms with Crippen molar-refractivity contribution in [2.75, 3.05) is 6.54 Å². The van der Waals surface area contributed by atoms with Gasteiger partial charge in [0.2, 0.25) is 0 Å². The zero-order valence-corrected chi connectivity index (χ0v) is 18.3. The van der Waals surface area contributed by atoms with Gasteiger partial charge in [0, 0.05) is 29.9 Å². The van der Waals surface area contributed by atoms with E-state index in [-0.39, 0.29) is 5.56 Å². The Labute approximate surface area is 181 Å². The standard InChI is InChI=1S/C24H27N3O2S/c1-3-20-16-30-23(26-20)15-29-22-9-10-27(24(28)13-22)21-8-7-18-11-17(14-25-4-2)5-6-19(18)12-21/h5-6,9-13,16,25H,3-4,7-8,14-15H2,1-2H3. The van der Waals surface area contributed by atoms with Crippen LogP contribution in [0.1, 0.15) is 47.7 Å². The number of hydrogen-bond donors (Lipinski definition) is 1. The molecule has 2 aromatic heterocycles. The maximum atomic E-state index is 12.7. The van der Waals surface area contributed by atoms with Crippen molar-refractivity contribution in [1.29, 1.82) is 0 Å². The van der Waals surface area contributed by atoms with E-state index in [1.165, 1.54) is 16.7 Å². The van der Waals surface area contributed by atoms with E-state index in [2.05, 4.69) is 48.4 Å². The number of aryl methyl sites for hydroxylation is 2. The number of fused-ring (bicyclic) bond motifs is 1. The number of ether oxygens (including phenoxy) is 1. The van der Waals surface area contributed by atoms with E-state index in [1.54, 1.807) is 22.0 Å². The fourth-order valence-corrected chi connectivity index (χ4v) is 4.40. The first kappa shape index (κ1) is 20.6. The molecule has 0 aliphatic heterocycles. The average molecular weight is 422 g/mol. The van der Waals surface area contributed by atoms with E-state index in [0.29, 0.717) is 12.4 Å². The van der Waals surface area contributed by atoms with Gasteiger partial charge >= 0.3 is 0 Å². The molecule has 0 spiro atoms. The smallest absolute Gasteiger partial charge is 0.258 e. The normalized spacial score (nSPS) is 13.1. The molecule has 0 saturated carbocycles. The quantitative estimate of drug-likeness (QED) is 0.582. The Morgan fingerprint density at radius 1 is 1.20 bits per heavy atom. The molecule has 1 aromatic carbocycles. The van der Waals surface area contributed by atoms with Gasteiger partial charge in [0.25, 0.3) is 5.56 Å². The van der Waals surface area contributed by atoms with Crippen molar-refractivity contribution in [3.63, 3.8) is 0 Å². The van der Waals surface area contributed by atoms with Crippen LogP contribution in [0.15, 0.2) is 46.7 Å². The van der Waals surface area contributed by atoms with Crippen LogP contribution in [0.3, 0.4) is 0 Å². The molecule has 30 heavy (non-hydrogen) atoms. The first-order valence-corrected chi connectivity index (χ1v) is 11.4. The molecule has 2 heterocycles. The molecule has 6 heteroatoms. The lowest BCUT2D eigenvalue weighted by molar-refractivity contribution is 0.304. The van der Waals surface area contributed by atoms with Gasteiger partial charge in [0.1, 0.15) is 17.4 Å². The van der Waals surface area contributed by atoms with E-state index in [0.717, 1.165) is 48.8 Å². The second-order valence-corrected chi connectivity index (χ2v) is 8.34. The molecule has 0 fully saturated rings. The first-order chi connectivity index (χ1) is 14.7. The predicted molar refractivity (Wildman–Crippen MR) is 123 cm³/mol. The highest BCUT2D eigenvalue weighted by atomic mass is 32.1. The molecule has 1 aliphatic carbocycles. The second-order valence-electron chi connectivity index (χ2n) is 7.39. The lowest BCUT2D eigenvalue weighted by Gasteiger charge is -2.19. The van der Waals surface area contributed by atoms with Gasteiger partial charge in [-0.1, -0.05) is 32.0 Å². The number of nitrogens with zero attached hydrogens (tertiary/aromatic N) is 2. The van der Waals surface area contributed by atoms with E-state index in [9.17, 15) is 4.79 Å². The summed E-state index contributed by atoms with van der Waals surface area (Å²) >= 11 is 1.59. The van der Waals surface area contributed by atoms with Crippen LogP contribution in [-0.2, 0) is 26.0 Å². The molecule has 0 amide bonds. The van der Waals surface area contributed by atoms with E-state index in [4.69, 9.17) is 4.74 Å². The van der Waals surface area contributed by atoms with Gasteiger partial charge in [-0.25, -0.2) is 4.98 Å². The van der Waals surface area contributed by atoms with Gasteiger partial charge in [-0.3, -0.25) is 9.36 Å². The molecule has 0 radical (unpaired) electrons. The lowest BCUT2D eigenvalue weighted by Crippen LogP contribution is -2.19. The first-order valence-electron chi connectivity index (χ1n) is 10.5. The Bertz CT molecular complexity index is 1110. The molecule has 0 unspecified atom stereocenters. The summed E-state index contributed by atoms with van der Waals surface area (Å²) in [6.45, 7) is 6.44. The summed E-state index contributed by atoms with van der Waals surface area (Å²) in [5.41, 5.74) is 5.87. The topological polar surface area (TPSA) is 56.1 Å². The van der Waals surface area contributed by atoms with Crippen LogP contribution in [0.25, 0.3) is 11.8 Å². The van der Waals surface area contributed by atoms with Crippen LogP contribution in [0.4, 0.5) is 0 Å².